The van der Waals surface area contributed by atoms with E-state index in [0.29, 0.717) is 23.0 Å². The molecule has 100 valence electrons. The van der Waals surface area contributed by atoms with E-state index in [4.69, 9.17) is 4.52 Å². The van der Waals surface area contributed by atoms with Gasteiger partial charge in [-0.3, -0.25) is 9.48 Å². The number of nitrogens with zero attached hydrogens (tertiary/aromatic N) is 4. The molecular weight excluding hydrogens is 256 g/mol. The van der Waals surface area contributed by atoms with E-state index in [1.165, 1.54) is 0 Å². The lowest BCUT2D eigenvalue weighted by atomic mass is 10.1. The topological polar surface area (TPSA) is 73.8 Å². The van der Waals surface area contributed by atoms with Gasteiger partial charge in [-0.1, -0.05) is 35.5 Å². The van der Waals surface area contributed by atoms with Gasteiger partial charge in [0.15, 0.2) is 5.78 Å². The highest BCUT2D eigenvalue weighted by Crippen LogP contribution is 2.13. The minimum Gasteiger partial charge on any atom is -0.338 e. The predicted octanol–water partition coefficient (Wildman–Crippen LogP) is 1.90. The van der Waals surface area contributed by atoms with Crippen LogP contribution in [0.3, 0.4) is 0 Å². The van der Waals surface area contributed by atoms with Crippen LogP contribution in [0.25, 0.3) is 11.5 Å². The summed E-state index contributed by atoms with van der Waals surface area (Å²) in [5.74, 6) is 0.628. The molecule has 0 bridgehead atoms. The fraction of sp³-hybridized carbons (Fsp3) is 0.143. The molecule has 0 N–H and O–H groups in total. The van der Waals surface area contributed by atoms with Gasteiger partial charge in [-0.25, -0.2) is 0 Å². The summed E-state index contributed by atoms with van der Waals surface area (Å²) in [5, 5.41) is 8.01. The molecule has 0 saturated heterocycles. The van der Waals surface area contributed by atoms with Crippen LogP contribution in [0.2, 0.25) is 0 Å². The molecule has 6 heteroatoms. The third-order valence-corrected chi connectivity index (χ3v) is 2.82. The van der Waals surface area contributed by atoms with Crippen LogP contribution in [0, 0.1) is 0 Å². The first-order valence-electron chi connectivity index (χ1n) is 6.13. The number of carbonyl (C=O) groups excluding carboxylic acids is 1. The molecule has 0 aliphatic carbocycles. The van der Waals surface area contributed by atoms with Crippen LogP contribution in [-0.2, 0) is 13.5 Å². The Labute approximate surface area is 115 Å². The van der Waals surface area contributed by atoms with E-state index < -0.39 is 0 Å². The maximum absolute atomic E-state index is 12.0. The largest absolute Gasteiger partial charge is 0.338 e. The third-order valence-electron chi connectivity index (χ3n) is 2.82. The average molecular weight is 268 g/mol. The average Bonchev–Trinajstić information content (AvgIpc) is 3.09. The van der Waals surface area contributed by atoms with Crippen molar-refractivity contribution in [1.29, 1.82) is 0 Å². The minimum atomic E-state index is -0.0539. The normalized spacial score (nSPS) is 10.7. The molecule has 2 aromatic heterocycles. The number of carbonyl (C=O) groups is 1. The molecule has 0 saturated carbocycles. The zero-order chi connectivity index (χ0) is 13.9. The monoisotopic (exact) mass is 268 g/mol. The second-order valence-corrected chi connectivity index (χ2v) is 4.35. The molecule has 0 spiro atoms. The summed E-state index contributed by atoms with van der Waals surface area (Å²) in [6, 6.07) is 10.8. The highest BCUT2D eigenvalue weighted by molar-refractivity contribution is 5.96. The summed E-state index contributed by atoms with van der Waals surface area (Å²) in [5.41, 5.74) is 1.25. The number of rotatable bonds is 4. The number of aromatic nitrogens is 4. The third kappa shape index (κ3) is 2.49. The summed E-state index contributed by atoms with van der Waals surface area (Å²) >= 11 is 0. The number of hydrogen-bond donors (Lipinski definition) is 0. The van der Waals surface area contributed by atoms with Crippen molar-refractivity contribution in [3.05, 3.63) is 54.0 Å². The van der Waals surface area contributed by atoms with Crippen LogP contribution in [0.5, 0.6) is 0 Å². The van der Waals surface area contributed by atoms with Crippen LogP contribution in [0.4, 0.5) is 0 Å². The smallest absolute Gasteiger partial charge is 0.234 e. The molecule has 0 aliphatic heterocycles. The maximum Gasteiger partial charge on any atom is 0.234 e. The van der Waals surface area contributed by atoms with Gasteiger partial charge < -0.3 is 4.52 Å². The van der Waals surface area contributed by atoms with Crippen LogP contribution >= 0.6 is 0 Å². The molecule has 0 unspecified atom stereocenters. The van der Waals surface area contributed by atoms with Gasteiger partial charge in [0.05, 0.1) is 6.42 Å². The van der Waals surface area contributed by atoms with E-state index in [0.717, 1.165) is 0 Å². The molecule has 0 amide bonds. The number of aryl methyl sites for hydroxylation is 1. The Morgan fingerprint density at radius 1 is 1.25 bits per heavy atom. The predicted molar refractivity (Wildman–Crippen MR) is 71.0 cm³/mol. The standard InChI is InChI=1S/C14H12N4O2/c1-18-8-7-11(16-18)14-15-13(20-17-14)9-12(19)10-5-3-2-4-6-10/h2-8H,9H2,1H3. The number of benzene rings is 1. The summed E-state index contributed by atoms with van der Waals surface area (Å²) in [7, 11) is 1.81. The highest BCUT2D eigenvalue weighted by Gasteiger charge is 2.14. The minimum absolute atomic E-state index is 0.0539. The fourth-order valence-electron chi connectivity index (χ4n) is 1.83. The number of hydrogen-bond acceptors (Lipinski definition) is 5. The Morgan fingerprint density at radius 2 is 2.05 bits per heavy atom. The summed E-state index contributed by atoms with van der Waals surface area (Å²) in [6.07, 6.45) is 1.88. The molecule has 1 aromatic carbocycles. The van der Waals surface area contributed by atoms with Gasteiger partial charge in [0, 0.05) is 18.8 Å². The Balaban J connectivity index is 1.76. The molecule has 6 nitrogen and oxygen atoms in total. The molecular formula is C14H12N4O2. The van der Waals surface area contributed by atoms with Crippen LogP contribution in [0.15, 0.2) is 47.1 Å². The molecule has 3 rings (SSSR count). The van der Waals surface area contributed by atoms with Crippen molar-refractivity contribution in [3.63, 3.8) is 0 Å². The molecule has 20 heavy (non-hydrogen) atoms. The van der Waals surface area contributed by atoms with Gasteiger partial charge in [-0.2, -0.15) is 10.1 Å². The summed E-state index contributed by atoms with van der Waals surface area (Å²) in [4.78, 5) is 16.2. The quantitative estimate of drug-likeness (QED) is 0.675. The van der Waals surface area contributed by atoms with Crippen LogP contribution < -0.4 is 0 Å². The van der Waals surface area contributed by atoms with Gasteiger partial charge in [0.2, 0.25) is 11.7 Å². The molecule has 0 aliphatic rings. The Bertz CT molecular complexity index is 730. The maximum atomic E-state index is 12.0. The van der Waals surface area contributed by atoms with Crippen LogP contribution in [-0.4, -0.2) is 25.7 Å². The van der Waals surface area contributed by atoms with Crippen molar-refractivity contribution >= 4 is 5.78 Å². The Kier molecular flexibility index (Phi) is 3.12. The summed E-state index contributed by atoms with van der Waals surface area (Å²) < 4.78 is 6.74. The Hall–Kier alpha value is -2.76. The Morgan fingerprint density at radius 3 is 2.75 bits per heavy atom. The van der Waals surface area contributed by atoms with Crippen LogP contribution in [0.1, 0.15) is 16.2 Å². The van der Waals surface area contributed by atoms with Gasteiger partial charge in [-0.15, -0.1) is 0 Å². The van der Waals surface area contributed by atoms with E-state index in [1.54, 1.807) is 29.1 Å². The second kappa shape index (κ2) is 5.08. The lowest BCUT2D eigenvalue weighted by Gasteiger charge is -1.95. The van der Waals surface area contributed by atoms with Crippen molar-refractivity contribution < 1.29 is 9.32 Å². The van der Waals surface area contributed by atoms with Crippen molar-refractivity contribution in [2.45, 2.75) is 6.42 Å². The van der Waals surface area contributed by atoms with Gasteiger partial charge in [0.25, 0.3) is 0 Å². The zero-order valence-electron chi connectivity index (χ0n) is 10.9. The van der Waals surface area contributed by atoms with Gasteiger partial charge >= 0.3 is 0 Å². The molecule has 2 heterocycles. The van der Waals surface area contributed by atoms with Crippen molar-refractivity contribution in [2.75, 3.05) is 0 Å². The van der Waals surface area contributed by atoms with E-state index in [9.17, 15) is 4.79 Å². The zero-order valence-corrected chi connectivity index (χ0v) is 10.9. The number of Topliss-reactive ketones (excluding diaryl/α,β-unsaturated/α-hetero) is 1. The van der Waals surface area contributed by atoms with Crippen molar-refractivity contribution in [1.82, 2.24) is 19.9 Å². The fourth-order valence-corrected chi connectivity index (χ4v) is 1.83. The molecule has 0 atom stereocenters. The van der Waals surface area contributed by atoms with Crippen molar-refractivity contribution in [2.24, 2.45) is 7.05 Å². The first-order chi connectivity index (χ1) is 9.72. The lowest BCUT2D eigenvalue weighted by molar-refractivity contribution is 0.0983. The molecule has 0 radical (unpaired) electrons. The first kappa shape index (κ1) is 12.3. The molecule has 0 fully saturated rings. The second-order valence-electron chi connectivity index (χ2n) is 4.35. The van der Waals surface area contributed by atoms with E-state index in [1.807, 2.05) is 25.2 Å². The highest BCUT2D eigenvalue weighted by atomic mass is 16.5. The SMILES string of the molecule is Cn1ccc(-c2noc(CC(=O)c3ccccc3)n2)n1. The van der Waals surface area contributed by atoms with E-state index in [2.05, 4.69) is 15.2 Å². The molecule has 3 aromatic rings. The van der Waals surface area contributed by atoms with E-state index in [-0.39, 0.29) is 12.2 Å². The first-order valence-corrected chi connectivity index (χ1v) is 6.13. The summed E-state index contributed by atoms with van der Waals surface area (Å²) in [6.45, 7) is 0. The number of ketones is 1. The van der Waals surface area contributed by atoms with Gasteiger partial charge in [-0.05, 0) is 6.07 Å². The van der Waals surface area contributed by atoms with Crippen molar-refractivity contribution in [3.8, 4) is 11.5 Å². The van der Waals surface area contributed by atoms with Gasteiger partial charge in [0.1, 0.15) is 5.69 Å². The van der Waals surface area contributed by atoms with E-state index >= 15 is 0 Å². The lowest BCUT2D eigenvalue weighted by Crippen LogP contribution is -2.03.